The second-order valence-corrected chi connectivity index (χ2v) is 20.3. The molecule has 1 aliphatic heterocycles. The van der Waals surface area contributed by atoms with E-state index < -0.39 is 11.2 Å². The van der Waals surface area contributed by atoms with E-state index >= 15 is 0 Å². The van der Waals surface area contributed by atoms with Crippen LogP contribution in [0, 0.1) is 51.2 Å². The molecule has 1 N–H and O–H groups in total. The number of hydrogen-bond donors (Lipinski definition) is 1. The molecule has 1 saturated heterocycles. The number of carbonyl (C=O) groups excluding carboxylic acids is 1. The van der Waals surface area contributed by atoms with Crippen molar-refractivity contribution in [2.75, 3.05) is 44.8 Å². The third kappa shape index (κ3) is 5.55. The number of benzene rings is 1. The van der Waals surface area contributed by atoms with Crippen molar-refractivity contribution in [1.82, 2.24) is 10.2 Å². The maximum Gasteiger partial charge on any atom is 0.337 e. The van der Waals surface area contributed by atoms with Gasteiger partial charge < -0.3 is 14.6 Å². The van der Waals surface area contributed by atoms with Gasteiger partial charge in [0.25, 0.3) is 0 Å². The van der Waals surface area contributed by atoms with Gasteiger partial charge in [0.1, 0.15) is 11.5 Å². The van der Waals surface area contributed by atoms with Crippen molar-refractivity contribution >= 4 is 22.7 Å². The highest BCUT2D eigenvalue weighted by atomic mass is 32.2. The van der Waals surface area contributed by atoms with Crippen LogP contribution in [0.3, 0.4) is 0 Å². The molecule has 4 saturated carbocycles. The molecule has 0 spiro atoms. The summed E-state index contributed by atoms with van der Waals surface area (Å²) >= 11 is -0.616. The lowest BCUT2D eigenvalue weighted by Gasteiger charge is -2.72. The topological polar surface area (TPSA) is 64.6 Å². The van der Waals surface area contributed by atoms with Crippen molar-refractivity contribution in [3.63, 3.8) is 0 Å². The Balaban J connectivity index is 1.15. The summed E-state index contributed by atoms with van der Waals surface area (Å²) in [6.07, 6.45) is 14.2. The summed E-state index contributed by atoms with van der Waals surface area (Å²) in [5.74, 6) is 4.76. The molecule has 5 aliphatic carbocycles. The Labute approximate surface area is 300 Å². The highest BCUT2D eigenvalue weighted by Crippen LogP contribution is 2.76. The molecule has 0 bridgehead atoms. The van der Waals surface area contributed by atoms with Crippen LogP contribution in [-0.2, 0) is 15.9 Å². The van der Waals surface area contributed by atoms with Gasteiger partial charge in [-0.2, -0.15) is 0 Å². The number of fused-ring (bicyclic) bond motifs is 7. The quantitative estimate of drug-likeness (QED) is 0.177. The summed E-state index contributed by atoms with van der Waals surface area (Å²) in [5.41, 5.74) is 5.94. The molecule has 9 atom stereocenters. The number of hydrogen-bond acceptors (Lipinski definition) is 5. The first-order valence-corrected chi connectivity index (χ1v) is 21.1. The largest absolute Gasteiger partial charge is 0.616 e. The minimum Gasteiger partial charge on any atom is -0.616 e. The smallest absolute Gasteiger partial charge is 0.337 e. The fourth-order valence-corrected chi connectivity index (χ4v) is 14.9. The van der Waals surface area contributed by atoms with Crippen molar-refractivity contribution in [3.8, 4) is 0 Å². The van der Waals surface area contributed by atoms with Gasteiger partial charge in [0.15, 0.2) is 0 Å². The maximum absolute atomic E-state index is 12.1. The van der Waals surface area contributed by atoms with E-state index in [2.05, 4.69) is 76.5 Å². The van der Waals surface area contributed by atoms with Crippen molar-refractivity contribution < 1.29 is 14.1 Å². The third-order valence-corrected chi connectivity index (χ3v) is 17.7. The van der Waals surface area contributed by atoms with Crippen molar-refractivity contribution in [3.05, 3.63) is 53.6 Å². The molecule has 5 fully saturated rings. The lowest BCUT2D eigenvalue weighted by atomic mass is 9.33. The van der Waals surface area contributed by atoms with Crippen LogP contribution in [0.1, 0.15) is 115 Å². The fraction of sp³-hybridized carbons (Fsp3) is 0.744. The summed E-state index contributed by atoms with van der Waals surface area (Å²) in [6, 6.07) is 8.14. The Hall–Kier alpha value is -1.60. The molecule has 6 heteroatoms. The minimum atomic E-state index is -0.616. The molecule has 49 heavy (non-hydrogen) atoms. The van der Waals surface area contributed by atoms with Gasteiger partial charge in [-0.3, -0.25) is 4.90 Å². The zero-order valence-corrected chi connectivity index (χ0v) is 32.5. The average molecular weight is 689 g/mol. The van der Waals surface area contributed by atoms with Crippen molar-refractivity contribution in [1.29, 1.82) is 0 Å². The molecule has 1 unspecified atom stereocenters. The van der Waals surface area contributed by atoms with Crippen LogP contribution >= 0.6 is 0 Å². The highest BCUT2D eigenvalue weighted by Gasteiger charge is 2.70. The summed E-state index contributed by atoms with van der Waals surface area (Å²) in [7, 11) is 1.45. The van der Waals surface area contributed by atoms with Gasteiger partial charge in [-0.1, -0.05) is 76.2 Å². The van der Waals surface area contributed by atoms with Crippen LogP contribution in [0.15, 0.2) is 42.5 Å². The SMILES string of the molecule is C=C(C)[C@@H]1CCC2(NCCN3CC[S+]([O-])CC3)CC[C@]3(C)[C@H](CC[C@@H]4[C@@]5(C)CC=C(c6ccc(C(=O)OC)cc6)C(C)(C)[C@@H]5CC[C@]43C)[C@@H]12. The third-order valence-electron chi connectivity index (χ3n) is 16.4. The van der Waals surface area contributed by atoms with E-state index in [-0.39, 0.29) is 22.3 Å². The lowest BCUT2D eigenvalue weighted by Crippen LogP contribution is -2.68. The second-order valence-electron chi connectivity index (χ2n) is 18.6. The van der Waals surface area contributed by atoms with E-state index in [1.807, 2.05) is 12.1 Å². The Morgan fingerprint density at radius 2 is 1.67 bits per heavy atom. The van der Waals surface area contributed by atoms with Crippen LogP contribution < -0.4 is 5.32 Å². The number of esters is 1. The number of rotatable bonds is 7. The Kier molecular flexibility index (Phi) is 9.36. The number of nitrogens with zero attached hydrogens (tertiary/aromatic N) is 1. The predicted octanol–water partition coefficient (Wildman–Crippen LogP) is 8.53. The Morgan fingerprint density at radius 3 is 2.35 bits per heavy atom. The monoisotopic (exact) mass is 688 g/mol. The van der Waals surface area contributed by atoms with Crippen LogP contribution in [0.2, 0.25) is 0 Å². The van der Waals surface area contributed by atoms with E-state index in [0.29, 0.717) is 40.1 Å². The molecule has 1 heterocycles. The van der Waals surface area contributed by atoms with Crippen molar-refractivity contribution in [2.45, 2.75) is 105 Å². The van der Waals surface area contributed by atoms with E-state index in [9.17, 15) is 9.35 Å². The molecule has 5 nitrogen and oxygen atoms in total. The molecule has 6 aliphatic rings. The first-order chi connectivity index (χ1) is 23.2. The second kappa shape index (κ2) is 12.8. The standard InChI is InChI=1S/C43H64N2O3S/c1-29(2)32-15-20-43(44-23-24-45-25-27-49(47)28-26-45)22-21-41(6)34(37(32)43)13-14-36-40(5)18-16-33(30-9-11-31(12-10-30)38(46)48-8)39(3,4)35(40)17-19-42(36,41)7/h9-12,16,32,34-37,44H,1,13-15,17-28H2,2-8H3/t32-,34+,35-,36+,37+,40-,41+,42+,43?/m0/s1. The van der Waals surface area contributed by atoms with Gasteiger partial charge in [0.05, 0.1) is 12.7 Å². The number of allylic oxidation sites excluding steroid dienone is 3. The van der Waals surface area contributed by atoms with E-state index in [1.54, 1.807) is 0 Å². The zero-order chi connectivity index (χ0) is 35.0. The summed E-state index contributed by atoms with van der Waals surface area (Å²) in [5, 5.41) is 4.28. The number of methoxy groups -OCH3 is 1. The molecular formula is C43H64N2O3S. The van der Waals surface area contributed by atoms with Gasteiger partial charge in [0, 0.05) is 31.7 Å². The van der Waals surface area contributed by atoms with E-state index in [1.165, 1.54) is 75.2 Å². The van der Waals surface area contributed by atoms with Gasteiger partial charge in [0.2, 0.25) is 0 Å². The first-order valence-electron chi connectivity index (χ1n) is 19.6. The van der Waals surface area contributed by atoms with Gasteiger partial charge in [-0.05, 0) is 139 Å². The molecule has 1 aromatic carbocycles. The summed E-state index contributed by atoms with van der Waals surface area (Å²) in [4.78, 5) is 14.7. The average Bonchev–Trinajstić information content (AvgIpc) is 3.45. The molecule has 270 valence electrons. The first kappa shape index (κ1) is 35.8. The molecule has 7 rings (SSSR count). The van der Waals surface area contributed by atoms with Gasteiger partial charge in [-0.25, -0.2) is 4.79 Å². The maximum atomic E-state index is 12.1. The molecule has 0 amide bonds. The Bertz CT molecular complexity index is 1460. The molecule has 1 aromatic rings. The summed E-state index contributed by atoms with van der Waals surface area (Å²) in [6.45, 7) is 24.2. The van der Waals surface area contributed by atoms with E-state index in [4.69, 9.17) is 4.74 Å². The fourth-order valence-electron chi connectivity index (χ4n) is 13.8. The predicted molar refractivity (Wildman–Crippen MR) is 203 cm³/mol. The summed E-state index contributed by atoms with van der Waals surface area (Å²) < 4.78 is 16.9. The number of nitrogens with one attached hydrogen (secondary N) is 1. The highest BCUT2D eigenvalue weighted by molar-refractivity contribution is 7.91. The van der Waals surface area contributed by atoms with Crippen LogP contribution in [0.25, 0.3) is 5.57 Å². The minimum absolute atomic E-state index is 0.0599. The van der Waals surface area contributed by atoms with Crippen LogP contribution in [-0.4, -0.2) is 65.8 Å². The van der Waals surface area contributed by atoms with E-state index in [0.717, 1.165) is 50.0 Å². The Morgan fingerprint density at radius 1 is 0.959 bits per heavy atom. The molecule has 0 radical (unpaired) electrons. The molecular weight excluding hydrogens is 625 g/mol. The van der Waals surface area contributed by atoms with Crippen LogP contribution in [0.5, 0.6) is 0 Å². The lowest BCUT2D eigenvalue weighted by molar-refractivity contribution is -0.219. The normalized spacial score (nSPS) is 41.9. The van der Waals surface area contributed by atoms with Crippen LogP contribution in [0.4, 0.5) is 0 Å². The van der Waals surface area contributed by atoms with Crippen molar-refractivity contribution in [2.24, 2.45) is 51.2 Å². The van der Waals surface area contributed by atoms with Gasteiger partial charge in [-0.15, -0.1) is 0 Å². The van der Waals surface area contributed by atoms with Gasteiger partial charge >= 0.3 is 5.97 Å². The number of carbonyl (C=O) groups is 1. The number of ether oxygens (including phenoxy) is 1. The molecule has 0 aromatic heterocycles. The zero-order valence-electron chi connectivity index (χ0n) is 31.7.